The fraction of sp³-hybridized carbons (Fsp3) is 0.400. The fourth-order valence-corrected chi connectivity index (χ4v) is 2.54. The third-order valence-electron chi connectivity index (χ3n) is 4.06. The van der Waals surface area contributed by atoms with Crippen molar-refractivity contribution in [3.05, 3.63) is 59.3 Å². The molecule has 0 spiro atoms. The molecule has 0 atom stereocenters. The smallest absolute Gasteiger partial charge is 0.416 e. The molecule has 2 rings (SSSR count). The molecule has 1 aromatic heterocycles. The summed E-state index contributed by atoms with van der Waals surface area (Å²) in [5.74, 6) is 1.14. The minimum Gasteiger partial charge on any atom is -0.475 e. The molecule has 0 radical (unpaired) electrons. The lowest BCUT2D eigenvalue weighted by Gasteiger charge is -2.22. The van der Waals surface area contributed by atoms with Crippen molar-refractivity contribution in [2.45, 2.75) is 19.3 Å². The molecule has 0 aliphatic rings. The van der Waals surface area contributed by atoms with Crippen LogP contribution in [0.1, 0.15) is 16.7 Å². The molecule has 0 aliphatic heterocycles. The lowest BCUT2D eigenvalue weighted by Crippen LogP contribution is -2.38. The average molecular weight is 538 g/mol. The van der Waals surface area contributed by atoms with Crippen LogP contribution >= 0.6 is 24.0 Å². The Morgan fingerprint density at radius 2 is 1.77 bits per heavy atom. The van der Waals surface area contributed by atoms with Crippen molar-refractivity contribution in [1.29, 1.82) is 0 Å². The highest BCUT2D eigenvalue weighted by molar-refractivity contribution is 14.0. The molecule has 0 saturated carbocycles. The first-order chi connectivity index (χ1) is 13.8. The van der Waals surface area contributed by atoms with E-state index in [4.69, 9.17) is 9.47 Å². The molecule has 2 aromatic rings. The van der Waals surface area contributed by atoms with Gasteiger partial charge in [0.1, 0.15) is 6.61 Å². The molecule has 0 amide bonds. The lowest BCUT2D eigenvalue weighted by atomic mass is 10.1. The van der Waals surface area contributed by atoms with Gasteiger partial charge in [-0.1, -0.05) is 18.2 Å². The van der Waals surface area contributed by atoms with Crippen molar-refractivity contribution in [3.63, 3.8) is 0 Å². The fourth-order valence-electron chi connectivity index (χ4n) is 2.54. The maximum Gasteiger partial charge on any atom is 0.416 e. The van der Waals surface area contributed by atoms with Crippen molar-refractivity contribution < 1.29 is 22.6 Å². The predicted octanol–water partition coefficient (Wildman–Crippen LogP) is 3.95. The standard InChI is InChI=1S/C20H25F3N4O2.HI/c1-24-19(26-13-16-6-9-18(25-12-16)29-11-10-28-3)27(2)14-15-4-7-17(8-5-15)20(21,22)23;/h4-9,12H,10-11,13-14H2,1-3H3,(H,24,26);1H. The van der Waals surface area contributed by atoms with Crippen LogP contribution in [0.3, 0.4) is 0 Å². The number of aromatic nitrogens is 1. The van der Waals surface area contributed by atoms with Crippen LogP contribution < -0.4 is 10.1 Å². The number of hydrogen-bond acceptors (Lipinski definition) is 4. The molecular formula is C20H26F3IN4O2. The second-order valence-corrected chi connectivity index (χ2v) is 6.30. The molecular weight excluding hydrogens is 512 g/mol. The zero-order chi connectivity index (χ0) is 21.3. The van der Waals surface area contributed by atoms with E-state index in [1.165, 1.54) is 12.1 Å². The van der Waals surface area contributed by atoms with Crippen molar-refractivity contribution in [3.8, 4) is 5.88 Å². The number of pyridine rings is 1. The van der Waals surface area contributed by atoms with E-state index in [1.807, 2.05) is 18.0 Å². The van der Waals surface area contributed by atoms with E-state index in [1.54, 1.807) is 26.4 Å². The Bertz CT molecular complexity index is 784. The van der Waals surface area contributed by atoms with E-state index in [0.717, 1.165) is 23.3 Å². The van der Waals surface area contributed by atoms with Gasteiger partial charge in [-0.2, -0.15) is 13.2 Å². The topological polar surface area (TPSA) is 59.0 Å². The van der Waals surface area contributed by atoms with Gasteiger partial charge in [0.25, 0.3) is 0 Å². The summed E-state index contributed by atoms with van der Waals surface area (Å²) >= 11 is 0. The van der Waals surface area contributed by atoms with Crippen molar-refractivity contribution in [2.24, 2.45) is 4.99 Å². The molecule has 10 heteroatoms. The SMILES string of the molecule is CN=C(NCc1ccc(OCCOC)nc1)N(C)Cc1ccc(C(F)(F)F)cc1.I. The highest BCUT2D eigenvalue weighted by atomic mass is 127. The van der Waals surface area contributed by atoms with Crippen LogP contribution in [0, 0.1) is 0 Å². The van der Waals surface area contributed by atoms with E-state index < -0.39 is 11.7 Å². The van der Waals surface area contributed by atoms with Crippen LogP contribution in [0.2, 0.25) is 0 Å². The third-order valence-corrected chi connectivity index (χ3v) is 4.06. The Hall–Kier alpha value is -2.08. The number of benzene rings is 1. The number of rotatable bonds is 8. The van der Waals surface area contributed by atoms with E-state index >= 15 is 0 Å². The molecule has 1 heterocycles. The molecule has 0 saturated heterocycles. The summed E-state index contributed by atoms with van der Waals surface area (Å²) in [6.45, 7) is 1.84. The molecule has 0 unspecified atom stereocenters. The Balaban J connectivity index is 0.00000450. The van der Waals surface area contributed by atoms with E-state index in [9.17, 15) is 13.2 Å². The van der Waals surface area contributed by atoms with Gasteiger partial charge in [-0.05, 0) is 23.3 Å². The quantitative estimate of drug-likeness (QED) is 0.239. The number of guanidine groups is 1. The monoisotopic (exact) mass is 538 g/mol. The zero-order valence-corrected chi connectivity index (χ0v) is 19.4. The van der Waals surface area contributed by atoms with E-state index in [-0.39, 0.29) is 24.0 Å². The summed E-state index contributed by atoms with van der Waals surface area (Å²) < 4.78 is 48.4. The van der Waals surface area contributed by atoms with Gasteiger partial charge in [-0.3, -0.25) is 4.99 Å². The number of halogens is 4. The van der Waals surface area contributed by atoms with Gasteiger partial charge in [0, 0.05) is 46.6 Å². The van der Waals surface area contributed by atoms with Crippen LogP contribution in [0.25, 0.3) is 0 Å². The third kappa shape index (κ3) is 8.34. The molecule has 0 aliphatic carbocycles. The van der Waals surface area contributed by atoms with Gasteiger partial charge in [0.2, 0.25) is 5.88 Å². The van der Waals surface area contributed by atoms with Crippen molar-refractivity contribution >= 4 is 29.9 Å². The molecule has 0 bridgehead atoms. The molecule has 1 aromatic carbocycles. The predicted molar refractivity (Wildman–Crippen MR) is 120 cm³/mol. The van der Waals surface area contributed by atoms with Crippen molar-refractivity contribution in [2.75, 3.05) is 34.4 Å². The van der Waals surface area contributed by atoms with E-state index in [2.05, 4.69) is 15.3 Å². The Morgan fingerprint density at radius 1 is 1.10 bits per heavy atom. The molecule has 166 valence electrons. The first-order valence-electron chi connectivity index (χ1n) is 8.98. The maximum absolute atomic E-state index is 12.7. The van der Waals surface area contributed by atoms with Gasteiger partial charge in [-0.15, -0.1) is 24.0 Å². The van der Waals surface area contributed by atoms with Crippen LogP contribution in [0.4, 0.5) is 13.2 Å². The summed E-state index contributed by atoms with van der Waals surface area (Å²) in [5.41, 5.74) is 1.03. The minimum atomic E-state index is -4.33. The Morgan fingerprint density at radius 3 is 2.30 bits per heavy atom. The van der Waals surface area contributed by atoms with Crippen molar-refractivity contribution in [1.82, 2.24) is 15.2 Å². The van der Waals surface area contributed by atoms with Crippen LogP contribution in [0.15, 0.2) is 47.6 Å². The number of aliphatic imine (C=N–C) groups is 1. The summed E-state index contributed by atoms with van der Waals surface area (Å²) in [6.07, 6.45) is -2.63. The first kappa shape index (κ1) is 26.0. The lowest BCUT2D eigenvalue weighted by molar-refractivity contribution is -0.137. The Labute approximate surface area is 191 Å². The minimum absolute atomic E-state index is 0. The first-order valence-corrected chi connectivity index (χ1v) is 8.98. The zero-order valence-electron chi connectivity index (χ0n) is 17.1. The molecule has 30 heavy (non-hydrogen) atoms. The highest BCUT2D eigenvalue weighted by Crippen LogP contribution is 2.29. The average Bonchev–Trinajstić information content (AvgIpc) is 2.69. The number of hydrogen-bond donors (Lipinski definition) is 1. The van der Waals surface area contributed by atoms with E-state index in [0.29, 0.717) is 38.1 Å². The molecule has 6 nitrogen and oxygen atoms in total. The molecule has 1 N–H and O–H groups in total. The normalized spacial score (nSPS) is 11.6. The van der Waals surface area contributed by atoms with Gasteiger partial charge >= 0.3 is 6.18 Å². The number of methoxy groups -OCH3 is 1. The highest BCUT2D eigenvalue weighted by Gasteiger charge is 2.29. The second kappa shape index (κ2) is 12.6. The number of ether oxygens (including phenoxy) is 2. The summed E-state index contributed by atoms with van der Waals surface area (Å²) in [6, 6.07) is 8.78. The number of nitrogens with zero attached hydrogens (tertiary/aromatic N) is 3. The molecule has 0 fully saturated rings. The van der Waals surface area contributed by atoms with Crippen LogP contribution in [-0.2, 0) is 24.0 Å². The number of nitrogens with one attached hydrogen (secondary N) is 1. The summed E-state index contributed by atoms with van der Waals surface area (Å²) in [4.78, 5) is 10.3. The van der Waals surface area contributed by atoms with Gasteiger partial charge in [0.05, 0.1) is 12.2 Å². The Kier molecular flexibility index (Phi) is 10.9. The van der Waals surface area contributed by atoms with Crippen LogP contribution in [0.5, 0.6) is 5.88 Å². The second-order valence-electron chi connectivity index (χ2n) is 6.30. The summed E-state index contributed by atoms with van der Waals surface area (Å²) in [5, 5.41) is 3.21. The maximum atomic E-state index is 12.7. The van der Waals surface area contributed by atoms with Gasteiger partial charge in [-0.25, -0.2) is 4.98 Å². The number of alkyl halides is 3. The summed E-state index contributed by atoms with van der Waals surface area (Å²) in [7, 11) is 5.07. The van der Waals surface area contributed by atoms with Crippen LogP contribution in [-0.4, -0.2) is 50.3 Å². The largest absolute Gasteiger partial charge is 0.475 e. The van der Waals surface area contributed by atoms with Gasteiger partial charge in [0.15, 0.2) is 5.96 Å². The van der Waals surface area contributed by atoms with Gasteiger partial charge < -0.3 is 19.7 Å².